The summed E-state index contributed by atoms with van der Waals surface area (Å²) in [6.45, 7) is 6.37. The van der Waals surface area contributed by atoms with Crippen LogP contribution in [-0.4, -0.2) is 60.7 Å². The van der Waals surface area contributed by atoms with Crippen LogP contribution in [0.15, 0.2) is 18.2 Å². The van der Waals surface area contributed by atoms with Crippen LogP contribution in [0.1, 0.15) is 85.4 Å². The van der Waals surface area contributed by atoms with Crippen LogP contribution >= 0.6 is 0 Å². The van der Waals surface area contributed by atoms with Crippen molar-refractivity contribution >= 4 is 29.3 Å². The van der Waals surface area contributed by atoms with Gasteiger partial charge in [-0.2, -0.15) is 0 Å². The molecule has 8 nitrogen and oxygen atoms in total. The molecule has 35 heavy (non-hydrogen) atoms. The number of benzene rings is 1. The summed E-state index contributed by atoms with van der Waals surface area (Å²) in [7, 11) is 0. The second kappa shape index (κ2) is 9.72. The maximum absolute atomic E-state index is 13.2. The van der Waals surface area contributed by atoms with Gasteiger partial charge in [0.05, 0.1) is 11.1 Å². The molecule has 5 rings (SSSR count). The molecule has 4 aliphatic rings. The smallest absolute Gasteiger partial charge is 0.262 e. The molecule has 188 valence electrons. The summed E-state index contributed by atoms with van der Waals surface area (Å²) in [5.74, 6) is -1.03. The van der Waals surface area contributed by atoms with Crippen molar-refractivity contribution in [1.82, 2.24) is 15.5 Å². The van der Waals surface area contributed by atoms with Gasteiger partial charge in [0, 0.05) is 25.2 Å². The Kier molecular flexibility index (Phi) is 6.66. The molecular formula is C27H36N4O4. The zero-order valence-corrected chi connectivity index (χ0v) is 20.6. The third-order valence-corrected chi connectivity index (χ3v) is 8.64. The molecule has 2 N–H and O–H groups in total. The van der Waals surface area contributed by atoms with Crippen LogP contribution < -0.4 is 15.5 Å². The number of piperidine rings is 2. The van der Waals surface area contributed by atoms with Gasteiger partial charge in [0.2, 0.25) is 11.8 Å². The average Bonchev–Trinajstić information content (AvgIpc) is 3.11. The van der Waals surface area contributed by atoms with E-state index in [0.717, 1.165) is 55.5 Å². The summed E-state index contributed by atoms with van der Waals surface area (Å²) in [5.41, 5.74) is 2.11. The number of imide groups is 2. The minimum atomic E-state index is -0.925. The molecule has 1 atom stereocenters. The Bertz CT molecular complexity index is 1020. The first-order valence-corrected chi connectivity index (χ1v) is 13.2. The Morgan fingerprint density at radius 1 is 0.971 bits per heavy atom. The van der Waals surface area contributed by atoms with E-state index in [9.17, 15) is 19.2 Å². The molecule has 4 amide bonds. The summed E-state index contributed by atoms with van der Waals surface area (Å²) < 4.78 is 0. The molecule has 3 heterocycles. The molecule has 1 aliphatic carbocycles. The average molecular weight is 481 g/mol. The molecule has 1 aromatic rings. The fourth-order valence-corrected chi connectivity index (χ4v) is 6.37. The molecule has 0 radical (unpaired) electrons. The zero-order chi connectivity index (χ0) is 24.6. The van der Waals surface area contributed by atoms with Crippen molar-refractivity contribution in [3.63, 3.8) is 0 Å². The number of nitrogens with zero attached hydrogens (tertiary/aromatic N) is 2. The van der Waals surface area contributed by atoms with E-state index in [2.05, 4.69) is 22.5 Å². The normalized spacial score (nSPS) is 24.8. The predicted octanol–water partition coefficient (Wildman–Crippen LogP) is 2.86. The Hall–Kier alpha value is -2.74. The Morgan fingerprint density at radius 2 is 1.69 bits per heavy atom. The summed E-state index contributed by atoms with van der Waals surface area (Å²) in [6.07, 6.45) is 9.03. The van der Waals surface area contributed by atoms with Gasteiger partial charge in [-0.15, -0.1) is 0 Å². The molecule has 0 aromatic heterocycles. The maximum atomic E-state index is 13.2. The zero-order valence-electron chi connectivity index (χ0n) is 20.6. The van der Waals surface area contributed by atoms with Gasteiger partial charge in [-0.3, -0.25) is 29.4 Å². The summed E-state index contributed by atoms with van der Waals surface area (Å²) in [5, 5.41) is 5.82. The van der Waals surface area contributed by atoms with Crippen molar-refractivity contribution in [2.24, 2.45) is 11.3 Å². The lowest BCUT2D eigenvalue weighted by atomic mass is 9.65. The topological polar surface area (TPSA) is 98.8 Å². The Labute approximate surface area is 206 Å². The fraction of sp³-hybridized carbons (Fsp3) is 0.630. The van der Waals surface area contributed by atoms with Gasteiger partial charge in [-0.05, 0) is 94.0 Å². The number of anilines is 1. The highest BCUT2D eigenvalue weighted by atomic mass is 16.2. The van der Waals surface area contributed by atoms with Crippen molar-refractivity contribution in [2.45, 2.75) is 70.8 Å². The van der Waals surface area contributed by atoms with E-state index in [1.807, 2.05) is 12.1 Å². The van der Waals surface area contributed by atoms with Gasteiger partial charge >= 0.3 is 0 Å². The molecule has 8 heteroatoms. The van der Waals surface area contributed by atoms with Gasteiger partial charge in [-0.25, -0.2) is 0 Å². The Morgan fingerprint density at radius 3 is 2.37 bits per heavy atom. The molecule has 1 unspecified atom stereocenters. The summed E-state index contributed by atoms with van der Waals surface area (Å²) in [4.78, 5) is 53.2. The highest BCUT2D eigenvalue weighted by Crippen LogP contribution is 2.47. The Balaban J connectivity index is 1.21. The van der Waals surface area contributed by atoms with E-state index >= 15 is 0 Å². The van der Waals surface area contributed by atoms with Gasteiger partial charge in [0.15, 0.2) is 0 Å². The fourth-order valence-electron chi connectivity index (χ4n) is 6.37. The first-order chi connectivity index (χ1) is 16.9. The third-order valence-electron chi connectivity index (χ3n) is 8.64. The van der Waals surface area contributed by atoms with E-state index in [1.54, 1.807) is 6.07 Å². The van der Waals surface area contributed by atoms with Crippen LogP contribution in [0.5, 0.6) is 0 Å². The minimum Gasteiger partial charge on any atom is -0.371 e. The minimum absolute atomic E-state index is 0.126. The molecule has 1 saturated carbocycles. The lowest BCUT2D eigenvalue weighted by molar-refractivity contribution is -0.136. The van der Waals surface area contributed by atoms with E-state index in [-0.39, 0.29) is 18.7 Å². The SMILES string of the molecule is CCCNCC1CCC2(CC1)CCN(c1ccc3c(c1)C(=O)N(C1CCC(=O)NC1=O)C3=O)CC2. The molecule has 2 saturated heterocycles. The second-order valence-corrected chi connectivity index (χ2v) is 10.8. The van der Waals surface area contributed by atoms with Gasteiger partial charge in [0.25, 0.3) is 11.8 Å². The number of carbonyl (C=O) groups is 4. The predicted molar refractivity (Wildman–Crippen MR) is 132 cm³/mol. The van der Waals surface area contributed by atoms with Crippen LogP contribution in [0.3, 0.4) is 0 Å². The van der Waals surface area contributed by atoms with Crippen molar-refractivity contribution in [2.75, 3.05) is 31.1 Å². The molecule has 1 aromatic carbocycles. The number of hydrogen-bond acceptors (Lipinski definition) is 6. The molecule has 3 fully saturated rings. The van der Waals surface area contributed by atoms with E-state index < -0.39 is 23.8 Å². The van der Waals surface area contributed by atoms with Crippen molar-refractivity contribution in [3.05, 3.63) is 29.3 Å². The van der Waals surface area contributed by atoms with Crippen molar-refractivity contribution in [3.8, 4) is 0 Å². The van der Waals surface area contributed by atoms with Crippen molar-refractivity contribution in [1.29, 1.82) is 0 Å². The van der Waals surface area contributed by atoms with Crippen molar-refractivity contribution < 1.29 is 19.2 Å². The number of nitrogens with one attached hydrogen (secondary N) is 2. The number of amides is 4. The first kappa shape index (κ1) is 24.0. The molecule has 0 bridgehead atoms. The lowest BCUT2D eigenvalue weighted by Crippen LogP contribution is -2.54. The van der Waals surface area contributed by atoms with Gasteiger partial charge < -0.3 is 10.2 Å². The maximum Gasteiger partial charge on any atom is 0.262 e. The molecular weight excluding hydrogens is 444 g/mol. The van der Waals surface area contributed by atoms with Crippen LogP contribution in [0.25, 0.3) is 0 Å². The highest BCUT2D eigenvalue weighted by molar-refractivity contribution is 6.23. The third kappa shape index (κ3) is 4.60. The summed E-state index contributed by atoms with van der Waals surface area (Å²) in [6, 6.07) is 4.53. The summed E-state index contributed by atoms with van der Waals surface area (Å²) >= 11 is 0. The number of rotatable bonds is 6. The van der Waals surface area contributed by atoms with E-state index in [1.165, 1.54) is 32.1 Å². The van der Waals surface area contributed by atoms with Crippen LogP contribution in [0, 0.1) is 11.3 Å². The molecule has 3 aliphatic heterocycles. The van der Waals surface area contributed by atoms with Gasteiger partial charge in [0.1, 0.15) is 6.04 Å². The lowest BCUT2D eigenvalue weighted by Gasteiger charge is -2.46. The standard InChI is InChI=1S/C27H36N4O4/c1-2-13-28-17-18-7-9-27(10-8-18)11-14-30(15-12-27)19-3-4-20-21(16-19)26(35)31(25(20)34)22-5-6-23(32)29-24(22)33/h3-4,16,18,22,28H,2,5-15,17H2,1H3,(H,29,32,33). The van der Waals surface area contributed by atoms with E-state index in [4.69, 9.17) is 0 Å². The second-order valence-electron chi connectivity index (χ2n) is 10.8. The number of fused-ring (bicyclic) bond motifs is 1. The first-order valence-electron chi connectivity index (χ1n) is 13.2. The monoisotopic (exact) mass is 480 g/mol. The molecule has 1 spiro atoms. The quantitative estimate of drug-likeness (QED) is 0.480. The number of carbonyl (C=O) groups excluding carboxylic acids is 4. The number of hydrogen-bond donors (Lipinski definition) is 2. The van der Waals surface area contributed by atoms with Crippen LogP contribution in [0.2, 0.25) is 0 Å². The largest absolute Gasteiger partial charge is 0.371 e. The van der Waals surface area contributed by atoms with Gasteiger partial charge in [-0.1, -0.05) is 6.92 Å². The van der Waals surface area contributed by atoms with Crippen LogP contribution in [0.4, 0.5) is 5.69 Å². The highest BCUT2D eigenvalue weighted by Gasteiger charge is 2.45. The van der Waals surface area contributed by atoms with Crippen LogP contribution in [-0.2, 0) is 9.59 Å². The van der Waals surface area contributed by atoms with E-state index in [0.29, 0.717) is 16.5 Å².